The Morgan fingerprint density at radius 1 is 1.32 bits per heavy atom. The van der Waals surface area contributed by atoms with Gasteiger partial charge in [-0.15, -0.1) is 0 Å². The maximum absolute atomic E-state index is 5.84. The first-order chi connectivity index (χ1) is 8.86. The maximum Gasteiger partial charge on any atom is 0.0728 e. The highest BCUT2D eigenvalue weighted by molar-refractivity contribution is 9.10. The highest BCUT2D eigenvalue weighted by atomic mass is 79.9. The molecule has 0 aromatic heterocycles. The van der Waals surface area contributed by atoms with Crippen LogP contribution in [0.25, 0.3) is 0 Å². The molecule has 0 aliphatic heterocycles. The second kappa shape index (κ2) is 7.39. The standard InChI is InChI=1S/C15H25BrN2O/c1-15(2,18(4)5)11-19-10-13-7-6-12(9-17-3)8-14(13)16/h6-8,17H,9-11H2,1-5H3. The first kappa shape index (κ1) is 16.6. The third kappa shape index (κ3) is 5.22. The van der Waals surface area contributed by atoms with E-state index in [0.717, 1.165) is 11.0 Å². The molecule has 0 unspecified atom stereocenters. The predicted octanol–water partition coefficient (Wildman–Crippen LogP) is 3.03. The second-order valence-corrected chi connectivity index (χ2v) is 6.51. The molecule has 1 aromatic rings. The van der Waals surface area contributed by atoms with E-state index >= 15 is 0 Å². The molecule has 4 heteroatoms. The molecule has 1 aromatic carbocycles. The lowest BCUT2D eigenvalue weighted by atomic mass is 10.1. The number of ether oxygens (including phenoxy) is 1. The van der Waals surface area contributed by atoms with Crippen LogP contribution in [0.2, 0.25) is 0 Å². The van der Waals surface area contributed by atoms with E-state index in [4.69, 9.17) is 4.74 Å². The summed E-state index contributed by atoms with van der Waals surface area (Å²) in [5.74, 6) is 0. The van der Waals surface area contributed by atoms with Gasteiger partial charge in [0.1, 0.15) is 0 Å². The average Bonchev–Trinajstić information content (AvgIpc) is 2.32. The highest BCUT2D eigenvalue weighted by Gasteiger charge is 2.20. The summed E-state index contributed by atoms with van der Waals surface area (Å²) < 4.78 is 6.95. The molecule has 0 amide bonds. The fraction of sp³-hybridized carbons (Fsp3) is 0.600. The number of hydrogen-bond acceptors (Lipinski definition) is 3. The number of hydrogen-bond donors (Lipinski definition) is 1. The van der Waals surface area contributed by atoms with Crippen LogP contribution in [0.4, 0.5) is 0 Å². The second-order valence-electron chi connectivity index (χ2n) is 5.66. The number of rotatable bonds is 7. The van der Waals surface area contributed by atoms with Crippen LogP contribution in [-0.4, -0.2) is 38.2 Å². The van der Waals surface area contributed by atoms with Gasteiger partial charge in [-0.1, -0.05) is 28.1 Å². The zero-order valence-corrected chi connectivity index (χ0v) is 14.2. The Labute approximate surface area is 125 Å². The van der Waals surface area contributed by atoms with Crippen LogP contribution in [0.5, 0.6) is 0 Å². The van der Waals surface area contributed by atoms with Crippen LogP contribution < -0.4 is 5.32 Å². The summed E-state index contributed by atoms with van der Waals surface area (Å²) in [6.07, 6.45) is 0. The van der Waals surface area contributed by atoms with Gasteiger partial charge in [0, 0.05) is 16.6 Å². The van der Waals surface area contributed by atoms with Crippen LogP contribution in [0, 0.1) is 0 Å². The smallest absolute Gasteiger partial charge is 0.0728 e. The van der Waals surface area contributed by atoms with E-state index in [9.17, 15) is 0 Å². The Morgan fingerprint density at radius 3 is 2.53 bits per heavy atom. The fourth-order valence-corrected chi connectivity index (χ4v) is 2.10. The van der Waals surface area contributed by atoms with Crippen molar-refractivity contribution in [3.05, 3.63) is 33.8 Å². The Bertz CT molecular complexity index is 405. The lowest BCUT2D eigenvalue weighted by Gasteiger charge is -2.32. The molecule has 0 bridgehead atoms. The van der Waals surface area contributed by atoms with Crippen molar-refractivity contribution >= 4 is 15.9 Å². The summed E-state index contributed by atoms with van der Waals surface area (Å²) in [5, 5.41) is 3.15. The van der Waals surface area contributed by atoms with Crippen molar-refractivity contribution < 1.29 is 4.74 Å². The van der Waals surface area contributed by atoms with Crippen LogP contribution in [-0.2, 0) is 17.9 Å². The van der Waals surface area contributed by atoms with Gasteiger partial charge in [0.2, 0.25) is 0 Å². The Morgan fingerprint density at radius 2 is 2.00 bits per heavy atom. The summed E-state index contributed by atoms with van der Waals surface area (Å²) in [6.45, 7) is 6.59. The van der Waals surface area contributed by atoms with Crippen molar-refractivity contribution in [3.63, 3.8) is 0 Å². The molecule has 0 heterocycles. The number of likely N-dealkylation sites (N-methyl/N-ethyl adjacent to an activating group) is 1. The lowest BCUT2D eigenvalue weighted by Crippen LogP contribution is -2.42. The van der Waals surface area contributed by atoms with E-state index in [0.29, 0.717) is 13.2 Å². The molecule has 19 heavy (non-hydrogen) atoms. The van der Waals surface area contributed by atoms with E-state index in [1.54, 1.807) is 0 Å². The van der Waals surface area contributed by atoms with Crippen molar-refractivity contribution in [3.8, 4) is 0 Å². The zero-order chi connectivity index (χ0) is 14.5. The summed E-state index contributed by atoms with van der Waals surface area (Å²) in [6, 6.07) is 6.41. The maximum atomic E-state index is 5.84. The molecule has 108 valence electrons. The molecule has 0 radical (unpaired) electrons. The van der Waals surface area contributed by atoms with Crippen LogP contribution in [0.15, 0.2) is 22.7 Å². The summed E-state index contributed by atoms with van der Waals surface area (Å²) >= 11 is 3.61. The molecule has 0 spiro atoms. The van der Waals surface area contributed by atoms with Crippen molar-refractivity contribution in [2.24, 2.45) is 0 Å². The van der Waals surface area contributed by atoms with E-state index < -0.39 is 0 Å². The molecule has 0 fully saturated rings. The SMILES string of the molecule is CNCc1ccc(COCC(C)(C)N(C)C)c(Br)c1. The van der Waals surface area contributed by atoms with E-state index in [-0.39, 0.29) is 5.54 Å². The van der Waals surface area contributed by atoms with Gasteiger partial charge in [0.05, 0.1) is 13.2 Å². The van der Waals surface area contributed by atoms with Crippen molar-refractivity contribution in [2.45, 2.75) is 32.5 Å². The first-order valence-electron chi connectivity index (χ1n) is 6.54. The van der Waals surface area contributed by atoms with E-state index in [2.05, 4.69) is 72.3 Å². The summed E-state index contributed by atoms with van der Waals surface area (Å²) in [7, 11) is 6.10. The van der Waals surface area contributed by atoms with Gasteiger partial charge in [0.25, 0.3) is 0 Å². The van der Waals surface area contributed by atoms with Crippen molar-refractivity contribution in [1.29, 1.82) is 0 Å². The van der Waals surface area contributed by atoms with Crippen LogP contribution in [0.3, 0.4) is 0 Å². The largest absolute Gasteiger partial charge is 0.375 e. The number of benzene rings is 1. The van der Waals surface area contributed by atoms with Crippen LogP contribution in [0.1, 0.15) is 25.0 Å². The highest BCUT2D eigenvalue weighted by Crippen LogP contribution is 2.20. The third-order valence-electron chi connectivity index (χ3n) is 3.42. The van der Waals surface area contributed by atoms with Gasteiger partial charge in [-0.25, -0.2) is 0 Å². The topological polar surface area (TPSA) is 24.5 Å². The minimum Gasteiger partial charge on any atom is -0.375 e. The van der Waals surface area contributed by atoms with Crippen molar-refractivity contribution in [1.82, 2.24) is 10.2 Å². The molecule has 0 aliphatic rings. The fourth-order valence-electron chi connectivity index (χ4n) is 1.56. The molecule has 0 saturated heterocycles. The van der Waals surface area contributed by atoms with Gasteiger partial charge >= 0.3 is 0 Å². The monoisotopic (exact) mass is 328 g/mol. The van der Waals surface area contributed by atoms with E-state index in [1.165, 1.54) is 11.1 Å². The number of halogens is 1. The molecular weight excluding hydrogens is 304 g/mol. The molecular formula is C15H25BrN2O. The van der Waals surface area contributed by atoms with Gasteiger partial charge in [-0.05, 0) is 52.2 Å². The molecule has 0 atom stereocenters. The Balaban J connectivity index is 2.54. The molecule has 0 aliphatic carbocycles. The quantitative estimate of drug-likeness (QED) is 0.832. The zero-order valence-electron chi connectivity index (χ0n) is 12.6. The Hall–Kier alpha value is -0.420. The van der Waals surface area contributed by atoms with Gasteiger partial charge < -0.3 is 15.0 Å². The van der Waals surface area contributed by atoms with Gasteiger partial charge in [-0.2, -0.15) is 0 Å². The minimum atomic E-state index is 0.0541. The summed E-state index contributed by atoms with van der Waals surface area (Å²) in [4.78, 5) is 2.18. The third-order valence-corrected chi connectivity index (χ3v) is 4.16. The van der Waals surface area contributed by atoms with Gasteiger partial charge in [-0.3, -0.25) is 0 Å². The average molecular weight is 329 g/mol. The Kier molecular flexibility index (Phi) is 6.47. The summed E-state index contributed by atoms with van der Waals surface area (Å²) in [5.41, 5.74) is 2.51. The number of nitrogens with one attached hydrogen (secondary N) is 1. The van der Waals surface area contributed by atoms with Gasteiger partial charge in [0.15, 0.2) is 0 Å². The molecule has 0 saturated carbocycles. The normalized spacial score (nSPS) is 12.2. The van der Waals surface area contributed by atoms with E-state index in [1.807, 2.05) is 7.05 Å². The predicted molar refractivity (Wildman–Crippen MR) is 84.3 cm³/mol. The molecule has 1 N–H and O–H groups in total. The number of nitrogens with zero attached hydrogens (tertiary/aromatic N) is 1. The lowest BCUT2D eigenvalue weighted by molar-refractivity contribution is 0.0272. The minimum absolute atomic E-state index is 0.0541. The first-order valence-corrected chi connectivity index (χ1v) is 7.33. The van der Waals surface area contributed by atoms with Crippen LogP contribution >= 0.6 is 15.9 Å². The molecule has 3 nitrogen and oxygen atoms in total. The van der Waals surface area contributed by atoms with Crippen molar-refractivity contribution in [2.75, 3.05) is 27.7 Å². The molecule has 1 rings (SSSR count).